The average Bonchev–Trinajstić information content (AvgIpc) is 2.96. The Morgan fingerprint density at radius 2 is 1.95 bits per heavy atom. The zero-order valence-corrected chi connectivity index (χ0v) is 11.3. The molecule has 1 aliphatic rings. The molecule has 1 aliphatic heterocycles. The van der Waals surface area contributed by atoms with Gasteiger partial charge in [0.1, 0.15) is 12.6 Å². The molecule has 2 unspecified atom stereocenters. The van der Waals surface area contributed by atoms with E-state index in [4.69, 9.17) is 9.47 Å². The second kappa shape index (κ2) is 6.84. The molecule has 0 saturated carbocycles. The molecule has 0 aliphatic carbocycles. The lowest BCUT2D eigenvalue weighted by atomic mass is 10.1. The third-order valence-electron chi connectivity index (χ3n) is 3.01. The van der Waals surface area contributed by atoms with Crippen molar-refractivity contribution in [3.63, 3.8) is 0 Å². The van der Waals surface area contributed by atoms with Crippen molar-refractivity contribution in [3.8, 4) is 0 Å². The highest BCUT2D eigenvalue weighted by Gasteiger charge is 2.32. The molecule has 0 bridgehead atoms. The van der Waals surface area contributed by atoms with Gasteiger partial charge in [0.15, 0.2) is 0 Å². The molecule has 2 atom stereocenters. The van der Waals surface area contributed by atoms with Crippen LogP contribution in [0, 0.1) is 5.92 Å². The topological polar surface area (TPSA) is 65.0 Å². The summed E-state index contributed by atoms with van der Waals surface area (Å²) in [6, 6.07) is 8.82. The van der Waals surface area contributed by atoms with Gasteiger partial charge in [0, 0.05) is 6.21 Å². The van der Waals surface area contributed by atoms with E-state index < -0.39 is 17.9 Å². The maximum Gasteiger partial charge on any atom is 0.331 e. The van der Waals surface area contributed by atoms with Crippen LogP contribution in [0.15, 0.2) is 35.3 Å². The van der Waals surface area contributed by atoms with Gasteiger partial charge in [-0.1, -0.05) is 30.3 Å². The van der Waals surface area contributed by atoms with Crippen LogP contribution in [0.25, 0.3) is 0 Å². The summed E-state index contributed by atoms with van der Waals surface area (Å²) in [5.74, 6) is -1.18. The van der Waals surface area contributed by atoms with Crippen molar-refractivity contribution in [2.45, 2.75) is 26.0 Å². The van der Waals surface area contributed by atoms with Crippen LogP contribution in [0.2, 0.25) is 0 Å². The van der Waals surface area contributed by atoms with E-state index in [1.54, 1.807) is 6.92 Å². The van der Waals surface area contributed by atoms with Gasteiger partial charge in [0.2, 0.25) is 0 Å². The molecule has 0 saturated heterocycles. The number of rotatable bonds is 5. The molecule has 1 aromatic carbocycles. The second-order valence-corrected chi connectivity index (χ2v) is 4.50. The van der Waals surface area contributed by atoms with Crippen molar-refractivity contribution >= 4 is 18.2 Å². The Hall–Kier alpha value is -2.17. The normalized spacial score (nSPS) is 20.6. The minimum absolute atomic E-state index is 0.218. The first-order chi connectivity index (χ1) is 9.70. The van der Waals surface area contributed by atoms with E-state index in [1.165, 1.54) is 6.21 Å². The van der Waals surface area contributed by atoms with Gasteiger partial charge in [-0.3, -0.25) is 9.79 Å². The highest BCUT2D eigenvalue weighted by atomic mass is 16.5. The Morgan fingerprint density at radius 3 is 2.65 bits per heavy atom. The van der Waals surface area contributed by atoms with E-state index in [0.717, 1.165) is 5.56 Å². The van der Waals surface area contributed by atoms with Crippen LogP contribution in [-0.2, 0) is 25.7 Å². The van der Waals surface area contributed by atoms with Crippen molar-refractivity contribution in [1.29, 1.82) is 0 Å². The molecule has 0 spiro atoms. The molecule has 106 valence electrons. The lowest BCUT2D eigenvalue weighted by molar-refractivity contribution is -0.148. The SMILES string of the molecule is CCOC(=O)C1C=NC(C(=O)OCc2ccccc2)C1. The van der Waals surface area contributed by atoms with Crippen LogP contribution in [0.1, 0.15) is 18.9 Å². The highest BCUT2D eigenvalue weighted by Crippen LogP contribution is 2.18. The fourth-order valence-electron chi connectivity index (χ4n) is 1.96. The van der Waals surface area contributed by atoms with Crippen LogP contribution in [-0.4, -0.2) is 30.8 Å². The third-order valence-corrected chi connectivity index (χ3v) is 3.01. The summed E-state index contributed by atoms with van der Waals surface area (Å²) < 4.78 is 10.1. The first-order valence-corrected chi connectivity index (χ1v) is 6.61. The van der Waals surface area contributed by atoms with E-state index >= 15 is 0 Å². The van der Waals surface area contributed by atoms with E-state index in [2.05, 4.69) is 4.99 Å². The molecule has 0 aromatic heterocycles. The molecule has 1 heterocycles. The maximum atomic E-state index is 11.9. The molecule has 1 aromatic rings. The number of esters is 2. The number of nitrogens with zero attached hydrogens (tertiary/aromatic N) is 1. The Morgan fingerprint density at radius 1 is 1.20 bits per heavy atom. The molecule has 2 rings (SSSR count). The van der Waals surface area contributed by atoms with Crippen molar-refractivity contribution in [2.24, 2.45) is 10.9 Å². The Balaban J connectivity index is 1.80. The molecule has 0 amide bonds. The zero-order valence-electron chi connectivity index (χ0n) is 11.3. The van der Waals surface area contributed by atoms with Crippen molar-refractivity contribution < 1.29 is 19.1 Å². The molecular formula is C15H17NO4. The predicted octanol–water partition coefficient (Wildman–Crippen LogP) is 1.75. The zero-order chi connectivity index (χ0) is 14.4. The summed E-state index contributed by atoms with van der Waals surface area (Å²) in [5.41, 5.74) is 0.921. The van der Waals surface area contributed by atoms with E-state index in [-0.39, 0.29) is 12.6 Å². The Labute approximate surface area is 117 Å². The second-order valence-electron chi connectivity index (χ2n) is 4.50. The van der Waals surface area contributed by atoms with Gasteiger partial charge in [0.05, 0.1) is 12.5 Å². The van der Waals surface area contributed by atoms with Crippen molar-refractivity contribution in [3.05, 3.63) is 35.9 Å². The number of aliphatic imine (C=N–C) groups is 1. The van der Waals surface area contributed by atoms with Gasteiger partial charge in [-0.25, -0.2) is 4.79 Å². The third kappa shape index (κ3) is 3.66. The van der Waals surface area contributed by atoms with E-state index in [1.807, 2.05) is 30.3 Å². The fourth-order valence-corrected chi connectivity index (χ4v) is 1.96. The van der Waals surface area contributed by atoms with Gasteiger partial charge < -0.3 is 9.47 Å². The summed E-state index contributed by atoms with van der Waals surface area (Å²) in [6.07, 6.45) is 1.80. The minimum atomic E-state index is -0.604. The lowest BCUT2D eigenvalue weighted by Crippen LogP contribution is -2.23. The predicted molar refractivity (Wildman–Crippen MR) is 73.3 cm³/mol. The monoisotopic (exact) mass is 275 g/mol. The molecule has 0 radical (unpaired) electrons. The summed E-state index contributed by atoms with van der Waals surface area (Å²) in [6.45, 7) is 2.29. The first kappa shape index (κ1) is 14.2. The number of hydrogen-bond acceptors (Lipinski definition) is 5. The molecule has 5 nitrogen and oxygen atoms in total. The first-order valence-electron chi connectivity index (χ1n) is 6.61. The summed E-state index contributed by atoms with van der Waals surface area (Å²) in [4.78, 5) is 27.4. The van der Waals surface area contributed by atoms with Gasteiger partial charge >= 0.3 is 11.9 Å². The number of benzene rings is 1. The fraction of sp³-hybridized carbons (Fsp3) is 0.400. The summed E-state index contributed by atoms with van der Waals surface area (Å²) in [5, 5.41) is 0. The summed E-state index contributed by atoms with van der Waals surface area (Å²) in [7, 11) is 0. The van der Waals surface area contributed by atoms with Crippen LogP contribution in [0.4, 0.5) is 0 Å². The van der Waals surface area contributed by atoms with Gasteiger partial charge in [-0.15, -0.1) is 0 Å². The Bertz CT molecular complexity index is 498. The minimum Gasteiger partial charge on any atom is -0.465 e. The van der Waals surface area contributed by atoms with E-state index in [0.29, 0.717) is 13.0 Å². The van der Waals surface area contributed by atoms with Crippen LogP contribution >= 0.6 is 0 Å². The van der Waals surface area contributed by atoms with Crippen molar-refractivity contribution in [1.82, 2.24) is 0 Å². The Kier molecular flexibility index (Phi) is 4.87. The van der Waals surface area contributed by atoms with Crippen LogP contribution < -0.4 is 0 Å². The van der Waals surface area contributed by atoms with E-state index in [9.17, 15) is 9.59 Å². The lowest BCUT2D eigenvalue weighted by Gasteiger charge is -2.10. The molecule has 5 heteroatoms. The summed E-state index contributed by atoms with van der Waals surface area (Å²) >= 11 is 0. The number of hydrogen-bond donors (Lipinski definition) is 0. The number of carbonyl (C=O) groups is 2. The standard InChI is InChI=1S/C15H17NO4/c1-2-19-14(17)12-8-13(16-9-12)15(18)20-10-11-6-4-3-5-7-11/h3-7,9,12-13H,2,8,10H2,1H3. The molecule has 0 fully saturated rings. The molecule has 20 heavy (non-hydrogen) atoms. The average molecular weight is 275 g/mol. The maximum absolute atomic E-state index is 11.9. The van der Waals surface area contributed by atoms with Crippen LogP contribution in [0.5, 0.6) is 0 Å². The van der Waals surface area contributed by atoms with Gasteiger partial charge in [-0.2, -0.15) is 0 Å². The van der Waals surface area contributed by atoms with Crippen molar-refractivity contribution in [2.75, 3.05) is 6.61 Å². The van der Waals surface area contributed by atoms with Gasteiger partial charge in [0.25, 0.3) is 0 Å². The number of carbonyl (C=O) groups excluding carboxylic acids is 2. The smallest absolute Gasteiger partial charge is 0.331 e. The number of ether oxygens (including phenoxy) is 2. The molecule has 0 N–H and O–H groups in total. The highest BCUT2D eigenvalue weighted by molar-refractivity contribution is 5.94. The largest absolute Gasteiger partial charge is 0.465 e. The molecular weight excluding hydrogens is 258 g/mol. The van der Waals surface area contributed by atoms with Crippen LogP contribution in [0.3, 0.4) is 0 Å². The van der Waals surface area contributed by atoms with Gasteiger partial charge in [-0.05, 0) is 18.9 Å². The quantitative estimate of drug-likeness (QED) is 0.768.